The topological polar surface area (TPSA) is 50.4 Å². The maximum atomic E-state index is 12.4. The van der Waals surface area contributed by atoms with Crippen LogP contribution in [0.5, 0.6) is 0 Å². The monoisotopic (exact) mass is 386 g/mol. The molecule has 0 aliphatic heterocycles. The molecule has 0 saturated heterocycles. The van der Waals surface area contributed by atoms with Crippen molar-refractivity contribution < 1.29 is 14.3 Å². The Morgan fingerprint density at radius 1 is 1.14 bits per heavy atom. The fraction of sp³-hybridized carbons (Fsp3) is 0.800. The Morgan fingerprint density at radius 2 is 1.89 bits per heavy atom. The first-order chi connectivity index (χ1) is 13.1. The summed E-state index contributed by atoms with van der Waals surface area (Å²) in [5.74, 6) is 1.49. The molecule has 1 heterocycles. The predicted molar refractivity (Wildman–Crippen MR) is 111 cm³/mol. The van der Waals surface area contributed by atoms with E-state index in [1.165, 1.54) is 38.4 Å². The number of carbonyl (C=O) groups excluding carboxylic acids is 1. The largest absolute Gasteiger partial charge is 0.472 e. The molecular weight excluding hydrogens is 348 g/mol. The van der Waals surface area contributed by atoms with Gasteiger partial charge in [0.15, 0.2) is 0 Å². The van der Waals surface area contributed by atoms with Gasteiger partial charge in [-0.05, 0) is 78.6 Å². The minimum atomic E-state index is -0.563. The van der Waals surface area contributed by atoms with Crippen LogP contribution in [0.4, 0.5) is 0 Å². The third-order valence-corrected chi connectivity index (χ3v) is 9.73. The highest BCUT2D eigenvalue weighted by Gasteiger charge is 2.67. The van der Waals surface area contributed by atoms with Gasteiger partial charge in [-0.2, -0.15) is 0 Å². The number of fused-ring (bicyclic) bond motifs is 3. The molecule has 3 heteroatoms. The molecular formula is C25H38O3. The minimum absolute atomic E-state index is 0.110. The lowest BCUT2D eigenvalue weighted by Gasteiger charge is -2.62. The third kappa shape index (κ3) is 2.75. The zero-order chi connectivity index (χ0) is 20.4. The van der Waals surface area contributed by atoms with Gasteiger partial charge in [0.2, 0.25) is 0 Å². The van der Waals surface area contributed by atoms with Gasteiger partial charge < -0.3 is 14.3 Å². The summed E-state index contributed by atoms with van der Waals surface area (Å²) >= 11 is 0. The average molecular weight is 387 g/mol. The van der Waals surface area contributed by atoms with Crippen molar-refractivity contribution in [1.29, 1.82) is 0 Å². The van der Waals surface area contributed by atoms with Crippen LogP contribution in [0.25, 0.3) is 0 Å². The second-order valence-corrected chi connectivity index (χ2v) is 11.7. The first kappa shape index (κ1) is 20.2. The molecule has 28 heavy (non-hydrogen) atoms. The van der Waals surface area contributed by atoms with Crippen molar-refractivity contribution in [3.8, 4) is 0 Å². The van der Waals surface area contributed by atoms with Gasteiger partial charge in [0.05, 0.1) is 18.6 Å². The number of aliphatic hydroxyl groups is 1. The Hall–Kier alpha value is -1.09. The number of furan rings is 1. The summed E-state index contributed by atoms with van der Waals surface area (Å²) in [5.41, 5.74) is 1.27. The molecule has 0 spiro atoms. The van der Waals surface area contributed by atoms with E-state index in [9.17, 15) is 9.90 Å². The van der Waals surface area contributed by atoms with Crippen molar-refractivity contribution >= 4 is 6.29 Å². The zero-order valence-corrected chi connectivity index (χ0v) is 18.3. The lowest BCUT2D eigenvalue weighted by atomic mass is 9.43. The molecule has 0 bridgehead atoms. The molecule has 3 aliphatic rings. The Balaban J connectivity index is 1.70. The number of aldehydes is 1. The summed E-state index contributed by atoms with van der Waals surface area (Å²) in [6.07, 6.45) is 11.9. The maximum Gasteiger partial charge on any atom is 0.126 e. The number of hydrogen-bond donors (Lipinski definition) is 1. The normalized spacial score (nSPS) is 45.9. The van der Waals surface area contributed by atoms with Crippen LogP contribution >= 0.6 is 0 Å². The molecule has 1 N–H and O–H groups in total. The zero-order valence-electron chi connectivity index (χ0n) is 18.3. The minimum Gasteiger partial charge on any atom is -0.472 e. The lowest BCUT2D eigenvalue weighted by Crippen LogP contribution is -2.54. The molecule has 3 aliphatic carbocycles. The summed E-state index contributed by atoms with van der Waals surface area (Å²) in [6.45, 7) is 12.0. The van der Waals surface area contributed by atoms with Gasteiger partial charge in [-0.3, -0.25) is 0 Å². The smallest absolute Gasteiger partial charge is 0.126 e. The first-order valence-electron chi connectivity index (χ1n) is 11.2. The van der Waals surface area contributed by atoms with Crippen molar-refractivity contribution in [3.05, 3.63) is 24.2 Å². The highest BCUT2D eigenvalue weighted by molar-refractivity contribution is 5.61. The summed E-state index contributed by atoms with van der Waals surface area (Å²) in [6, 6.07) is 1.85. The quantitative estimate of drug-likeness (QED) is 0.629. The second-order valence-electron chi connectivity index (χ2n) is 11.7. The fourth-order valence-electron chi connectivity index (χ4n) is 8.40. The van der Waals surface area contributed by atoms with E-state index < -0.39 is 6.10 Å². The summed E-state index contributed by atoms with van der Waals surface area (Å²) in [4.78, 5) is 12.4. The summed E-state index contributed by atoms with van der Waals surface area (Å²) in [7, 11) is 0. The molecule has 0 amide bonds. The van der Waals surface area contributed by atoms with E-state index in [1.54, 1.807) is 12.5 Å². The molecule has 3 saturated carbocycles. The van der Waals surface area contributed by atoms with Gasteiger partial charge in [0.25, 0.3) is 0 Å². The lowest BCUT2D eigenvalue weighted by molar-refractivity contribution is -0.130. The van der Waals surface area contributed by atoms with Crippen LogP contribution < -0.4 is 0 Å². The Labute approximate surface area is 170 Å². The van der Waals surface area contributed by atoms with E-state index in [1.807, 2.05) is 6.07 Å². The van der Waals surface area contributed by atoms with Crippen LogP contribution in [0.15, 0.2) is 23.0 Å². The number of hydrogen-bond acceptors (Lipinski definition) is 3. The van der Waals surface area contributed by atoms with Crippen molar-refractivity contribution in [2.45, 2.75) is 85.7 Å². The fourth-order valence-corrected chi connectivity index (χ4v) is 8.40. The van der Waals surface area contributed by atoms with Gasteiger partial charge in [0, 0.05) is 11.0 Å². The maximum absolute atomic E-state index is 12.4. The SMILES string of the molecule is CC1(C)CCC[C@]2(C)[C@H]3C[C@](C)(C=O)[C@@H](C[C@H](O)c4ccoc4)[C@]3(C)CC[C@@H]12. The van der Waals surface area contributed by atoms with Crippen molar-refractivity contribution in [3.63, 3.8) is 0 Å². The highest BCUT2D eigenvalue weighted by Crippen LogP contribution is 2.73. The molecule has 0 aromatic carbocycles. The van der Waals surface area contributed by atoms with Crippen LogP contribution in [0.2, 0.25) is 0 Å². The highest BCUT2D eigenvalue weighted by atomic mass is 16.3. The average Bonchev–Trinajstić information content (AvgIpc) is 3.23. The second kappa shape index (κ2) is 6.45. The van der Waals surface area contributed by atoms with Crippen LogP contribution in [0.3, 0.4) is 0 Å². The van der Waals surface area contributed by atoms with Crippen LogP contribution in [0, 0.1) is 39.4 Å². The Bertz CT molecular complexity index is 722. The van der Waals surface area contributed by atoms with Gasteiger partial charge >= 0.3 is 0 Å². The van der Waals surface area contributed by atoms with E-state index in [0.717, 1.165) is 17.9 Å². The number of carbonyl (C=O) groups is 1. The summed E-state index contributed by atoms with van der Waals surface area (Å²) in [5, 5.41) is 10.9. The summed E-state index contributed by atoms with van der Waals surface area (Å²) < 4.78 is 5.19. The van der Waals surface area contributed by atoms with Crippen LogP contribution in [-0.4, -0.2) is 11.4 Å². The van der Waals surface area contributed by atoms with Crippen molar-refractivity contribution in [1.82, 2.24) is 0 Å². The molecule has 3 fully saturated rings. The number of rotatable bonds is 4. The van der Waals surface area contributed by atoms with Crippen LogP contribution in [0.1, 0.15) is 91.2 Å². The molecule has 156 valence electrons. The Kier molecular flexibility index (Phi) is 4.65. The van der Waals surface area contributed by atoms with Gasteiger partial charge in [-0.25, -0.2) is 0 Å². The van der Waals surface area contributed by atoms with Crippen molar-refractivity contribution in [2.24, 2.45) is 39.4 Å². The standard InChI is InChI=1S/C25H38O3/c1-22(2)9-6-10-24(4)19(22)7-11-25(5)20(23(3,16-26)14-21(24)25)13-18(27)17-8-12-28-15-17/h8,12,15-16,18-21,27H,6-7,9-11,13-14H2,1-5H3/t18-,19-,20+,21+,23+,24-,25-/m0/s1. The first-order valence-corrected chi connectivity index (χ1v) is 11.2. The molecule has 1 aromatic rings. The van der Waals surface area contributed by atoms with Gasteiger partial charge in [0.1, 0.15) is 6.29 Å². The third-order valence-electron chi connectivity index (χ3n) is 9.73. The van der Waals surface area contributed by atoms with E-state index >= 15 is 0 Å². The molecule has 0 unspecified atom stereocenters. The molecule has 7 atom stereocenters. The number of aliphatic hydroxyl groups excluding tert-OH is 1. The predicted octanol–water partition coefficient (Wildman–Crippen LogP) is 6.18. The van der Waals surface area contributed by atoms with Crippen LogP contribution in [-0.2, 0) is 4.79 Å². The van der Waals surface area contributed by atoms with Crippen molar-refractivity contribution in [2.75, 3.05) is 0 Å². The van der Waals surface area contributed by atoms with E-state index in [0.29, 0.717) is 23.2 Å². The van der Waals surface area contributed by atoms with Gasteiger partial charge in [-0.15, -0.1) is 0 Å². The van der Waals surface area contributed by atoms with E-state index in [4.69, 9.17) is 4.42 Å². The molecule has 3 nitrogen and oxygen atoms in total. The molecule has 0 radical (unpaired) electrons. The van der Waals surface area contributed by atoms with E-state index in [2.05, 4.69) is 34.6 Å². The molecule has 4 rings (SSSR count). The molecule has 1 aromatic heterocycles. The van der Waals surface area contributed by atoms with Gasteiger partial charge in [-0.1, -0.05) is 41.0 Å². The van der Waals surface area contributed by atoms with E-state index in [-0.39, 0.29) is 16.7 Å². The Morgan fingerprint density at radius 3 is 2.54 bits per heavy atom.